The lowest BCUT2D eigenvalue weighted by atomic mass is 10.1. The fraction of sp³-hybridized carbons (Fsp3) is 0.318. The molecule has 2 aromatic carbocycles. The number of anilines is 2. The van der Waals surface area contributed by atoms with Crippen LogP contribution in [0.15, 0.2) is 63.1 Å². The van der Waals surface area contributed by atoms with Gasteiger partial charge in [-0.25, -0.2) is 13.4 Å². The van der Waals surface area contributed by atoms with E-state index in [1.54, 1.807) is 42.5 Å². The molecule has 4 N–H and O–H groups in total. The molecule has 5 rings (SSSR count). The molecule has 2 atom stereocenters. The molecular formula is C22H24Cl2N6O2S2. The van der Waals surface area contributed by atoms with Gasteiger partial charge in [0.05, 0.1) is 26.3 Å². The number of para-hydroxylation sites is 1. The van der Waals surface area contributed by atoms with Crippen molar-refractivity contribution in [2.75, 3.05) is 22.9 Å². The van der Waals surface area contributed by atoms with Crippen molar-refractivity contribution in [1.29, 1.82) is 0 Å². The highest BCUT2D eigenvalue weighted by Crippen LogP contribution is 2.48. The molecule has 8 nitrogen and oxygen atoms in total. The van der Waals surface area contributed by atoms with Crippen LogP contribution in [0.2, 0.25) is 10.0 Å². The smallest absolute Gasteiger partial charge is 0.243 e. The first-order chi connectivity index (χ1) is 16.2. The van der Waals surface area contributed by atoms with E-state index in [1.807, 2.05) is 16.7 Å². The molecule has 2 aromatic rings. The Labute approximate surface area is 213 Å². The van der Waals surface area contributed by atoms with Crippen LogP contribution in [-0.4, -0.2) is 43.3 Å². The first-order valence-corrected chi connectivity index (χ1v) is 13.9. The van der Waals surface area contributed by atoms with E-state index in [9.17, 15) is 8.42 Å². The summed E-state index contributed by atoms with van der Waals surface area (Å²) in [6, 6.07) is 12.0. The number of hydrogen-bond acceptors (Lipinski definition) is 8. The average molecular weight is 540 g/mol. The molecule has 0 amide bonds. The van der Waals surface area contributed by atoms with Gasteiger partial charge in [-0.05, 0) is 56.2 Å². The highest BCUT2D eigenvalue weighted by Gasteiger charge is 2.42. The second-order valence-corrected chi connectivity index (χ2v) is 12.1. The Balaban J connectivity index is 1.49. The highest BCUT2D eigenvalue weighted by molar-refractivity contribution is 8.04. The van der Waals surface area contributed by atoms with Gasteiger partial charge in [-0.15, -0.1) is 0 Å². The molecule has 0 aromatic heterocycles. The van der Waals surface area contributed by atoms with Crippen LogP contribution in [-0.2, 0) is 10.0 Å². The van der Waals surface area contributed by atoms with Gasteiger partial charge in [0.25, 0.3) is 0 Å². The minimum absolute atomic E-state index is 0.265. The van der Waals surface area contributed by atoms with Crippen LogP contribution in [0, 0.1) is 0 Å². The summed E-state index contributed by atoms with van der Waals surface area (Å²) in [5.74, 6) is 0.674. The molecule has 3 heterocycles. The Morgan fingerprint density at radius 1 is 1.00 bits per heavy atom. The number of nitrogens with two attached hydrogens (primary N) is 2. The maximum Gasteiger partial charge on any atom is 0.243 e. The van der Waals surface area contributed by atoms with E-state index in [0.29, 0.717) is 45.4 Å². The molecule has 180 valence electrons. The normalized spacial score (nSPS) is 23.5. The van der Waals surface area contributed by atoms with Crippen molar-refractivity contribution in [3.63, 3.8) is 0 Å². The third-order valence-electron chi connectivity index (χ3n) is 6.13. The summed E-state index contributed by atoms with van der Waals surface area (Å²) in [6.45, 7) is 2.97. The predicted octanol–water partition coefficient (Wildman–Crippen LogP) is 3.97. The van der Waals surface area contributed by atoms with Crippen molar-refractivity contribution in [3.8, 4) is 0 Å². The third-order valence-corrected chi connectivity index (χ3v) is 9.63. The van der Waals surface area contributed by atoms with Crippen molar-refractivity contribution in [2.45, 2.75) is 36.3 Å². The zero-order valence-corrected chi connectivity index (χ0v) is 21.5. The Morgan fingerprint density at radius 3 is 2.24 bits per heavy atom. The number of hydrogen-bond donors (Lipinski definition) is 2. The number of rotatable bonds is 4. The van der Waals surface area contributed by atoms with Crippen LogP contribution in [0.4, 0.5) is 11.4 Å². The van der Waals surface area contributed by atoms with Gasteiger partial charge in [0, 0.05) is 18.8 Å². The quantitative estimate of drug-likeness (QED) is 0.606. The number of aliphatic imine (C=N–C) groups is 1. The standard InChI is InChI=1S/C22H24Cl2N6O2S2/c1-13-27-21-19(30(22(26)33-21)18-16(23)5-4-6-17(18)24)20(25)29(13)14-7-9-15(10-8-14)34(31,32)28-11-2-3-12-28/h4-10,20,22H,2-3,11-12,25-26H2,1H3. The molecule has 34 heavy (non-hydrogen) atoms. The van der Waals surface area contributed by atoms with E-state index in [1.165, 1.54) is 16.1 Å². The number of halogens is 2. The Hall–Kier alpha value is -1.79. The monoisotopic (exact) mass is 538 g/mol. The summed E-state index contributed by atoms with van der Waals surface area (Å²) in [7, 11) is -3.50. The van der Waals surface area contributed by atoms with Gasteiger partial charge in [0.2, 0.25) is 10.0 Å². The van der Waals surface area contributed by atoms with E-state index in [0.717, 1.165) is 18.5 Å². The summed E-state index contributed by atoms with van der Waals surface area (Å²) >= 11 is 14.4. The van der Waals surface area contributed by atoms with Gasteiger partial charge >= 0.3 is 0 Å². The molecule has 3 aliphatic heterocycles. The van der Waals surface area contributed by atoms with E-state index in [2.05, 4.69) is 0 Å². The van der Waals surface area contributed by atoms with E-state index in [4.69, 9.17) is 39.7 Å². The van der Waals surface area contributed by atoms with Crippen LogP contribution in [0.5, 0.6) is 0 Å². The molecule has 2 unspecified atom stereocenters. The number of amidine groups is 1. The van der Waals surface area contributed by atoms with Gasteiger partial charge in [-0.1, -0.05) is 41.0 Å². The van der Waals surface area contributed by atoms with Crippen LogP contribution in [0.25, 0.3) is 0 Å². The minimum atomic E-state index is -3.50. The molecule has 0 radical (unpaired) electrons. The topological polar surface area (TPSA) is 108 Å². The Morgan fingerprint density at radius 2 is 1.62 bits per heavy atom. The van der Waals surface area contributed by atoms with Crippen molar-refractivity contribution in [1.82, 2.24) is 4.31 Å². The molecule has 0 bridgehead atoms. The summed E-state index contributed by atoms with van der Waals surface area (Å²) in [6.07, 6.45) is 1.14. The van der Waals surface area contributed by atoms with E-state index in [-0.39, 0.29) is 4.90 Å². The van der Waals surface area contributed by atoms with Gasteiger partial charge in [0.1, 0.15) is 22.5 Å². The lowest BCUT2D eigenvalue weighted by Crippen LogP contribution is -2.53. The minimum Gasteiger partial charge on any atom is -0.311 e. The summed E-state index contributed by atoms with van der Waals surface area (Å²) < 4.78 is 27.3. The van der Waals surface area contributed by atoms with Crippen molar-refractivity contribution in [2.24, 2.45) is 16.5 Å². The van der Waals surface area contributed by atoms with Crippen molar-refractivity contribution in [3.05, 3.63) is 63.2 Å². The Bertz CT molecular complexity index is 1270. The predicted molar refractivity (Wildman–Crippen MR) is 140 cm³/mol. The zero-order chi connectivity index (χ0) is 24.2. The van der Waals surface area contributed by atoms with Gasteiger partial charge in [-0.3, -0.25) is 0 Å². The maximum absolute atomic E-state index is 12.9. The fourth-order valence-corrected chi connectivity index (χ4v) is 7.69. The lowest BCUT2D eigenvalue weighted by molar-refractivity contribution is 0.477. The number of thioether (sulfide) groups is 1. The zero-order valence-electron chi connectivity index (χ0n) is 18.4. The summed E-state index contributed by atoms with van der Waals surface area (Å²) in [5, 5.41) is 1.62. The molecular weight excluding hydrogens is 515 g/mol. The van der Waals surface area contributed by atoms with Crippen LogP contribution < -0.4 is 21.3 Å². The molecule has 0 spiro atoms. The van der Waals surface area contributed by atoms with Crippen molar-refractivity contribution >= 4 is 62.2 Å². The average Bonchev–Trinajstić information content (AvgIpc) is 3.43. The van der Waals surface area contributed by atoms with Gasteiger partial charge in [-0.2, -0.15) is 4.31 Å². The summed E-state index contributed by atoms with van der Waals surface area (Å²) in [5.41, 5.74) is 14.7. The molecule has 1 saturated heterocycles. The number of benzene rings is 2. The molecule has 0 aliphatic carbocycles. The van der Waals surface area contributed by atoms with Crippen LogP contribution in [0.3, 0.4) is 0 Å². The third kappa shape index (κ3) is 3.91. The second-order valence-electron chi connectivity index (χ2n) is 8.22. The number of nitrogens with zero attached hydrogens (tertiary/aromatic N) is 4. The first kappa shape index (κ1) is 23.9. The first-order valence-electron chi connectivity index (χ1n) is 10.8. The van der Waals surface area contributed by atoms with Crippen LogP contribution in [0.1, 0.15) is 19.8 Å². The van der Waals surface area contributed by atoms with Gasteiger partial charge in [0.15, 0.2) is 0 Å². The Kier molecular flexibility index (Phi) is 6.34. The highest BCUT2D eigenvalue weighted by atomic mass is 35.5. The molecule has 3 aliphatic rings. The van der Waals surface area contributed by atoms with Gasteiger partial charge < -0.3 is 21.3 Å². The largest absolute Gasteiger partial charge is 0.311 e. The fourth-order valence-electron chi connectivity index (χ4n) is 4.52. The molecule has 0 saturated carbocycles. The van der Waals surface area contributed by atoms with Crippen molar-refractivity contribution < 1.29 is 8.42 Å². The molecule has 1 fully saturated rings. The molecule has 12 heteroatoms. The summed E-state index contributed by atoms with van der Waals surface area (Å²) in [4.78, 5) is 8.68. The second kappa shape index (κ2) is 9.02. The maximum atomic E-state index is 12.9. The SMILES string of the molecule is CC1=NC2=C(C(N)N1c1ccc(S(=O)(=O)N3CCCC3)cc1)N(c1c(Cl)cccc1Cl)C(N)S2. The van der Waals surface area contributed by atoms with E-state index < -0.39 is 21.7 Å². The number of sulfonamides is 1. The van der Waals surface area contributed by atoms with Crippen LogP contribution >= 0.6 is 35.0 Å². The lowest BCUT2D eigenvalue weighted by Gasteiger charge is -2.38. The van der Waals surface area contributed by atoms with E-state index >= 15 is 0 Å².